The second-order valence-electron chi connectivity index (χ2n) is 5.69. The average Bonchev–Trinajstić information content (AvgIpc) is 2.99. The third kappa shape index (κ3) is 3.72. The summed E-state index contributed by atoms with van der Waals surface area (Å²) < 4.78 is 6.30. The lowest BCUT2D eigenvalue weighted by molar-refractivity contribution is 0.0531. The lowest BCUT2D eigenvalue weighted by atomic mass is 10.0. The SMILES string of the molecule is CCOC(=O)c1sc2ccccc2c1CCc1ccc(C(N)=O)cc1. The van der Waals surface area contributed by atoms with Crippen molar-refractivity contribution in [3.05, 3.63) is 70.1 Å². The average molecular weight is 353 g/mol. The van der Waals surface area contributed by atoms with Gasteiger partial charge in [-0.15, -0.1) is 11.3 Å². The molecule has 0 bridgehead atoms. The van der Waals surface area contributed by atoms with E-state index in [2.05, 4.69) is 0 Å². The second-order valence-corrected chi connectivity index (χ2v) is 6.74. The minimum atomic E-state index is -0.431. The molecule has 0 aliphatic carbocycles. The zero-order valence-corrected chi connectivity index (χ0v) is 14.8. The van der Waals surface area contributed by atoms with Crippen molar-refractivity contribution in [1.29, 1.82) is 0 Å². The zero-order chi connectivity index (χ0) is 17.8. The Balaban J connectivity index is 1.87. The summed E-state index contributed by atoms with van der Waals surface area (Å²) in [6, 6.07) is 15.3. The lowest BCUT2D eigenvalue weighted by Crippen LogP contribution is -2.10. The number of thiophene rings is 1. The molecule has 128 valence electrons. The van der Waals surface area contributed by atoms with Crippen molar-refractivity contribution in [2.45, 2.75) is 19.8 Å². The number of amides is 1. The van der Waals surface area contributed by atoms with Gasteiger partial charge < -0.3 is 10.5 Å². The number of fused-ring (bicyclic) bond motifs is 1. The molecule has 1 aromatic heterocycles. The maximum Gasteiger partial charge on any atom is 0.348 e. The molecule has 2 N–H and O–H groups in total. The molecule has 0 saturated carbocycles. The summed E-state index contributed by atoms with van der Waals surface area (Å²) in [5, 5.41) is 1.10. The smallest absolute Gasteiger partial charge is 0.348 e. The molecular weight excluding hydrogens is 334 g/mol. The molecule has 1 heterocycles. The first-order chi connectivity index (χ1) is 12.1. The number of nitrogens with two attached hydrogens (primary N) is 1. The molecule has 3 rings (SSSR count). The number of esters is 1. The number of hydrogen-bond acceptors (Lipinski definition) is 4. The summed E-state index contributed by atoms with van der Waals surface area (Å²) in [4.78, 5) is 24.1. The maximum absolute atomic E-state index is 12.3. The zero-order valence-electron chi connectivity index (χ0n) is 14.0. The van der Waals surface area contributed by atoms with Crippen LogP contribution in [-0.4, -0.2) is 18.5 Å². The van der Waals surface area contributed by atoms with Crippen LogP contribution in [0.5, 0.6) is 0 Å². The largest absolute Gasteiger partial charge is 0.462 e. The van der Waals surface area contributed by atoms with Gasteiger partial charge in [0.15, 0.2) is 0 Å². The third-order valence-electron chi connectivity index (χ3n) is 4.06. The molecule has 0 fully saturated rings. The molecule has 0 aliphatic heterocycles. The summed E-state index contributed by atoms with van der Waals surface area (Å²) in [7, 11) is 0. The standard InChI is InChI=1S/C20H19NO3S/c1-2-24-20(23)18-16(15-5-3-4-6-17(15)25-18)12-9-13-7-10-14(11-8-13)19(21)22/h3-8,10-11H,2,9,12H2,1H3,(H2,21,22). The molecule has 0 radical (unpaired) electrons. The van der Waals surface area contributed by atoms with E-state index in [4.69, 9.17) is 10.5 Å². The van der Waals surface area contributed by atoms with Gasteiger partial charge in [0.05, 0.1) is 6.61 Å². The van der Waals surface area contributed by atoms with Crippen LogP contribution in [0.25, 0.3) is 10.1 Å². The predicted molar refractivity (Wildman–Crippen MR) is 100 cm³/mol. The minimum Gasteiger partial charge on any atom is -0.462 e. The van der Waals surface area contributed by atoms with Gasteiger partial charge in [-0.1, -0.05) is 30.3 Å². The Labute approximate surface area is 150 Å². The first-order valence-electron chi connectivity index (χ1n) is 8.16. The Bertz CT molecular complexity index is 912. The molecule has 2 aromatic carbocycles. The van der Waals surface area contributed by atoms with Gasteiger partial charge in [-0.05, 0) is 54.5 Å². The third-order valence-corrected chi connectivity index (χ3v) is 5.25. The number of rotatable bonds is 6. The van der Waals surface area contributed by atoms with Gasteiger partial charge in [0.2, 0.25) is 5.91 Å². The molecule has 25 heavy (non-hydrogen) atoms. The highest BCUT2D eigenvalue weighted by molar-refractivity contribution is 7.21. The molecule has 0 atom stereocenters. The number of hydrogen-bond donors (Lipinski definition) is 1. The highest BCUT2D eigenvalue weighted by Gasteiger charge is 2.19. The van der Waals surface area contributed by atoms with E-state index in [-0.39, 0.29) is 5.97 Å². The molecule has 5 heteroatoms. The number of ether oxygens (including phenoxy) is 1. The van der Waals surface area contributed by atoms with Crippen LogP contribution in [0.3, 0.4) is 0 Å². The topological polar surface area (TPSA) is 69.4 Å². The van der Waals surface area contributed by atoms with Crippen LogP contribution >= 0.6 is 11.3 Å². The fraction of sp³-hybridized carbons (Fsp3) is 0.200. The number of carbonyl (C=O) groups excluding carboxylic acids is 2. The molecule has 0 unspecified atom stereocenters. The number of primary amides is 1. The normalized spacial score (nSPS) is 10.8. The molecule has 1 amide bonds. The van der Waals surface area contributed by atoms with Crippen molar-refractivity contribution < 1.29 is 14.3 Å². The fourth-order valence-electron chi connectivity index (χ4n) is 2.81. The number of aryl methyl sites for hydroxylation is 2. The molecule has 4 nitrogen and oxygen atoms in total. The van der Waals surface area contributed by atoms with Gasteiger partial charge >= 0.3 is 5.97 Å². The van der Waals surface area contributed by atoms with E-state index in [1.165, 1.54) is 11.3 Å². The van der Waals surface area contributed by atoms with Crippen LogP contribution in [-0.2, 0) is 17.6 Å². The summed E-state index contributed by atoms with van der Waals surface area (Å²) in [5.74, 6) is -0.692. The van der Waals surface area contributed by atoms with E-state index in [0.29, 0.717) is 17.0 Å². The summed E-state index contributed by atoms with van der Waals surface area (Å²) in [6.45, 7) is 2.17. The molecule has 3 aromatic rings. The van der Waals surface area contributed by atoms with Crippen molar-refractivity contribution in [2.24, 2.45) is 5.73 Å². The first-order valence-corrected chi connectivity index (χ1v) is 8.98. The molecule has 0 aliphatic rings. The Kier molecular flexibility index (Phi) is 5.14. The number of benzene rings is 2. The van der Waals surface area contributed by atoms with Crippen molar-refractivity contribution >= 4 is 33.3 Å². The van der Waals surface area contributed by atoms with Crippen LogP contribution in [0.1, 0.15) is 38.1 Å². The van der Waals surface area contributed by atoms with E-state index in [0.717, 1.165) is 34.1 Å². The van der Waals surface area contributed by atoms with Crippen molar-refractivity contribution in [3.8, 4) is 0 Å². The van der Waals surface area contributed by atoms with Crippen molar-refractivity contribution in [2.75, 3.05) is 6.61 Å². The number of carbonyl (C=O) groups is 2. The van der Waals surface area contributed by atoms with Gasteiger partial charge in [0.1, 0.15) is 4.88 Å². The monoisotopic (exact) mass is 353 g/mol. The summed E-state index contributed by atoms with van der Waals surface area (Å²) >= 11 is 1.48. The minimum absolute atomic E-state index is 0.261. The van der Waals surface area contributed by atoms with Crippen LogP contribution in [0.4, 0.5) is 0 Å². The highest BCUT2D eigenvalue weighted by Crippen LogP contribution is 2.32. The van der Waals surface area contributed by atoms with Crippen molar-refractivity contribution in [3.63, 3.8) is 0 Å². The Hall–Kier alpha value is -2.66. The quantitative estimate of drug-likeness (QED) is 0.682. The van der Waals surface area contributed by atoms with E-state index >= 15 is 0 Å². The van der Waals surface area contributed by atoms with Gasteiger partial charge in [-0.25, -0.2) is 4.79 Å². The Morgan fingerprint density at radius 3 is 2.44 bits per heavy atom. The van der Waals surface area contributed by atoms with Crippen LogP contribution in [0, 0.1) is 0 Å². The molecule has 0 saturated heterocycles. The van der Waals surface area contributed by atoms with E-state index in [1.54, 1.807) is 12.1 Å². The van der Waals surface area contributed by atoms with E-state index in [1.807, 2.05) is 43.3 Å². The summed E-state index contributed by atoms with van der Waals surface area (Å²) in [6.07, 6.45) is 1.50. The van der Waals surface area contributed by atoms with Crippen LogP contribution in [0.2, 0.25) is 0 Å². The summed E-state index contributed by atoms with van der Waals surface area (Å²) in [5.41, 5.74) is 7.89. The van der Waals surface area contributed by atoms with Crippen molar-refractivity contribution in [1.82, 2.24) is 0 Å². The van der Waals surface area contributed by atoms with Gasteiger partial charge in [0.25, 0.3) is 0 Å². The Morgan fingerprint density at radius 2 is 1.76 bits per heavy atom. The fourth-order valence-corrected chi connectivity index (χ4v) is 3.96. The highest BCUT2D eigenvalue weighted by atomic mass is 32.1. The maximum atomic E-state index is 12.3. The van der Waals surface area contributed by atoms with E-state index < -0.39 is 5.91 Å². The Morgan fingerprint density at radius 1 is 1.04 bits per heavy atom. The van der Waals surface area contributed by atoms with Gasteiger partial charge in [-0.2, -0.15) is 0 Å². The van der Waals surface area contributed by atoms with Crippen LogP contribution in [0.15, 0.2) is 48.5 Å². The second kappa shape index (κ2) is 7.49. The van der Waals surface area contributed by atoms with Gasteiger partial charge in [-0.3, -0.25) is 4.79 Å². The molecule has 0 spiro atoms. The van der Waals surface area contributed by atoms with Crippen LogP contribution < -0.4 is 5.73 Å². The molecular formula is C20H19NO3S. The van der Waals surface area contributed by atoms with Gasteiger partial charge in [0, 0.05) is 10.3 Å². The predicted octanol–water partition coefficient (Wildman–Crippen LogP) is 3.96. The van der Waals surface area contributed by atoms with E-state index in [9.17, 15) is 9.59 Å². The lowest BCUT2D eigenvalue weighted by Gasteiger charge is -2.06. The first kappa shape index (κ1) is 17.2.